The second-order valence-corrected chi connectivity index (χ2v) is 6.71. The average molecular weight is 401 g/mol. The summed E-state index contributed by atoms with van der Waals surface area (Å²) in [5.41, 5.74) is 0.628. The maximum Gasteiger partial charge on any atom is 0.336 e. The molecule has 3 rings (SSSR count). The quantitative estimate of drug-likeness (QED) is 0.266. The summed E-state index contributed by atoms with van der Waals surface area (Å²) in [6.07, 6.45) is 3.94. The van der Waals surface area contributed by atoms with Crippen molar-refractivity contribution >= 4 is 27.8 Å². The number of halogens is 1. The number of fused-ring (bicyclic) bond motifs is 1. The average Bonchev–Trinajstić information content (AvgIpc) is 2.70. The van der Waals surface area contributed by atoms with E-state index in [-0.39, 0.29) is 5.63 Å². The third-order valence-electron chi connectivity index (χ3n) is 4.25. The minimum absolute atomic E-state index is 0.365. The molecular formula is C22H21ClO5. The Kier molecular flexibility index (Phi) is 7.09. The van der Waals surface area contributed by atoms with Crippen molar-refractivity contribution in [2.24, 2.45) is 0 Å². The fraction of sp³-hybridized carbons (Fsp3) is 0.273. The normalized spacial score (nSPS) is 10.8. The Hall–Kier alpha value is -2.79. The van der Waals surface area contributed by atoms with Crippen molar-refractivity contribution in [3.8, 4) is 11.5 Å². The van der Waals surface area contributed by atoms with Crippen LogP contribution in [0.2, 0.25) is 0 Å². The van der Waals surface area contributed by atoms with Crippen molar-refractivity contribution in [3.63, 3.8) is 0 Å². The summed E-state index contributed by atoms with van der Waals surface area (Å²) in [6.45, 7) is 1.23. The van der Waals surface area contributed by atoms with E-state index >= 15 is 0 Å². The van der Waals surface area contributed by atoms with Crippen LogP contribution in [-0.2, 0) is 0 Å². The molecule has 28 heavy (non-hydrogen) atoms. The van der Waals surface area contributed by atoms with Crippen LogP contribution in [0.3, 0.4) is 0 Å². The van der Waals surface area contributed by atoms with Gasteiger partial charge >= 0.3 is 5.63 Å². The molecular weight excluding hydrogens is 380 g/mol. The maximum absolute atomic E-state index is 11.3. The lowest BCUT2D eigenvalue weighted by Crippen LogP contribution is -2.00. The number of carbonyl (C=O) groups is 1. The van der Waals surface area contributed by atoms with Crippen LogP contribution in [0.25, 0.3) is 11.0 Å². The molecule has 0 bridgehead atoms. The van der Waals surface area contributed by atoms with E-state index in [0.29, 0.717) is 30.1 Å². The Balaban J connectivity index is 1.30. The lowest BCUT2D eigenvalue weighted by molar-refractivity contribution is 0.108. The standard InChI is InChI=1S/C22H21ClO5/c23-22(25)17-6-9-18(10-7-17)26-13-3-1-2-4-14-27-19-11-5-16-8-12-21(24)28-20(16)15-19/h5-12,15H,1-4,13-14H2. The van der Waals surface area contributed by atoms with Gasteiger partial charge in [-0.3, -0.25) is 4.79 Å². The van der Waals surface area contributed by atoms with E-state index in [1.807, 2.05) is 12.1 Å². The van der Waals surface area contributed by atoms with E-state index in [1.54, 1.807) is 36.4 Å². The van der Waals surface area contributed by atoms with E-state index in [2.05, 4.69) is 0 Å². The van der Waals surface area contributed by atoms with Gasteiger partial charge in [-0.2, -0.15) is 0 Å². The zero-order valence-electron chi connectivity index (χ0n) is 15.4. The number of hydrogen-bond acceptors (Lipinski definition) is 5. The number of benzene rings is 2. The highest BCUT2D eigenvalue weighted by atomic mass is 35.5. The van der Waals surface area contributed by atoms with Crippen molar-refractivity contribution < 1.29 is 18.7 Å². The van der Waals surface area contributed by atoms with Gasteiger partial charge in [0.1, 0.15) is 17.1 Å². The van der Waals surface area contributed by atoms with E-state index in [9.17, 15) is 9.59 Å². The molecule has 0 aliphatic heterocycles. The minimum Gasteiger partial charge on any atom is -0.494 e. The van der Waals surface area contributed by atoms with Gasteiger partial charge in [0.2, 0.25) is 0 Å². The van der Waals surface area contributed by atoms with E-state index in [1.165, 1.54) is 6.07 Å². The molecule has 1 heterocycles. The molecule has 0 unspecified atom stereocenters. The molecule has 146 valence electrons. The van der Waals surface area contributed by atoms with Gasteiger partial charge in [-0.05, 0) is 79.7 Å². The van der Waals surface area contributed by atoms with Crippen molar-refractivity contribution in [1.82, 2.24) is 0 Å². The summed E-state index contributed by atoms with van der Waals surface area (Å²) < 4.78 is 16.5. The Bertz CT molecular complexity index is 978. The van der Waals surface area contributed by atoms with Crippen molar-refractivity contribution in [2.45, 2.75) is 25.7 Å². The van der Waals surface area contributed by atoms with Gasteiger partial charge in [-0.15, -0.1) is 0 Å². The molecule has 0 aliphatic rings. The fourth-order valence-corrected chi connectivity index (χ4v) is 2.88. The molecule has 3 aromatic rings. The topological polar surface area (TPSA) is 65.7 Å². The molecule has 0 fully saturated rings. The van der Waals surface area contributed by atoms with Gasteiger partial charge < -0.3 is 13.9 Å². The minimum atomic E-state index is -0.470. The van der Waals surface area contributed by atoms with Crippen LogP contribution in [0.5, 0.6) is 11.5 Å². The number of ether oxygens (including phenoxy) is 2. The Labute approximate surface area is 167 Å². The first-order valence-electron chi connectivity index (χ1n) is 9.21. The Morgan fingerprint density at radius 1 is 0.821 bits per heavy atom. The summed E-state index contributed by atoms with van der Waals surface area (Å²) in [6, 6.07) is 15.4. The molecule has 0 saturated carbocycles. The molecule has 2 aromatic carbocycles. The monoisotopic (exact) mass is 400 g/mol. The number of unbranched alkanes of at least 4 members (excludes halogenated alkanes) is 3. The summed E-state index contributed by atoms with van der Waals surface area (Å²) in [5.74, 6) is 1.43. The van der Waals surface area contributed by atoms with Gasteiger partial charge in [0.05, 0.1) is 13.2 Å². The molecule has 0 amide bonds. The van der Waals surface area contributed by atoms with Gasteiger partial charge in [0, 0.05) is 23.1 Å². The number of rotatable bonds is 10. The number of hydrogen-bond donors (Lipinski definition) is 0. The Morgan fingerprint density at radius 3 is 2.11 bits per heavy atom. The molecule has 5 nitrogen and oxygen atoms in total. The maximum atomic E-state index is 11.3. The van der Waals surface area contributed by atoms with E-state index in [4.69, 9.17) is 25.5 Å². The van der Waals surface area contributed by atoms with Crippen molar-refractivity contribution in [1.29, 1.82) is 0 Å². The molecule has 0 atom stereocenters. The molecule has 0 saturated heterocycles. The zero-order valence-corrected chi connectivity index (χ0v) is 16.1. The van der Waals surface area contributed by atoms with Gasteiger partial charge in [-0.25, -0.2) is 4.79 Å². The summed E-state index contributed by atoms with van der Waals surface area (Å²) in [7, 11) is 0. The third-order valence-corrected chi connectivity index (χ3v) is 4.47. The largest absolute Gasteiger partial charge is 0.494 e. The van der Waals surface area contributed by atoms with Gasteiger partial charge in [0.15, 0.2) is 0 Å². The molecule has 0 spiro atoms. The lowest BCUT2D eigenvalue weighted by Gasteiger charge is -2.08. The molecule has 0 radical (unpaired) electrons. The van der Waals surface area contributed by atoms with Crippen LogP contribution >= 0.6 is 11.6 Å². The van der Waals surface area contributed by atoms with E-state index in [0.717, 1.165) is 36.8 Å². The first-order chi connectivity index (χ1) is 13.6. The van der Waals surface area contributed by atoms with Gasteiger partial charge in [0.25, 0.3) is 5.24 Å². The predicted molar refractivity (Wildman–Crippen MR) is 109 cm³/mol. The van der Waals surface area contributed by atoms with E-state index < -0.39 is 5.24 Å². The fourth-order valence-electron chi connectivity index (χ4n) is 2.75. The molecule has 0 N–H and O–H groups in total. The highest BCUT2D eigenvalue weighted by Crippen LogP contribution is 2.20. The number of carbonyl (C=O) groups excluding carboxylic acids is 1. The van der Waals surface area contributed by atoms with Crippen LogP contribution in [0.1, 0.15) is 36.0 Å². The summed E-state index contributed by atoms with van der Waals surface area (Å²) in [4.78, 5) is 22.3. The SMILES string of the molecule is O=C(Cl)c1ccc(OCCCCCCOc2ccc3ccc(=O)oc3c2)cc1. The highest BCUT2D eigenvalue weighted by Gasteiger charge is 2.02. The Morgan fingerprint density at radius 2 is 1.43 bits per heavy atom. The predicted octanol–water partition coefficient (Wildman–Crippen LogP) is 5.19. The first-order valence-corrected chi connectivity index (χ1v) is 9.59. The summed E-state index contributed by atoms with van der Waals surface area (Å²) >= 11 is 5.41. The lowest BCUT2D eigenvalue weighted by atomic mass is 10.2. The smallest absolute Gasteiger partial charge is 0.336 e. The van der Waals surface area contributed by atoms with Crippen LogP contribution in [0.15, 0.2) is 63.8 Å². The van der Waals surface area contributed by atoms with Crippen LogP contribution in [0, 0.1) is 0 Å². The van der Waals surface area contributed by atoms with Gasteiger partial charge in [-0.1, -0.05) is 0 Å². The zero-order chi connectivity index (χ0) is 19.8. The second kappa shape index (κ2) is 9.95. The highest BCUT2D eigenvalue weighted by molar-refractivity contribution is 6.67. The molecule has 6 heteroatoms. The summed E-state index contributed by atoms with van der Waals surface area (Å²) in [5, 5.41) is 0.401. The first kappa shape index (κ1) is 20.0. The van der Waals surface area contributed by atoms with Crippen molar-refractivity contribution in [3.05, 3.63) is 70.6 Å². The van der Waals surface area contributed by atoms with Crippen LogP contribution < -0.4 is 15.1 Å². The van der Waals surface area contributed by atoms with Crippen LogP contribution in [-0.4, -0.2) is 18.5 Å². The molecule has 0 aliphatic carbocycles. The van der Waals surface area contributed by atoms with Crippen LogP contribution in [0.4, 0.5) is 0 Å². The third kappa shape index (κ3) is 5.86. The van der Waals surface area contributed by atoms with Crippen molar-refractivity contribution in [2.75, 3.05) is 13.2 Å². The molecule has 1 aromatic heterocycles. The second-order valence-electron chi connectivity index (χ2n) is 6.36.